The summed E-state index contributed by atoms with van der Waals surface area (Å²) in [5.74, 6) is 0.793. The molecule has 1 aromatic carbocycles. The molecule has 100 valence electrons. The Morgan fingerprint density at radius 1 is 1.39 bits per heavy atom. The molecule has 3 atom stereocenters. The lowest BCUT2D eigenvalue weighted by Gasteiger charge is -2.33. The molecule has 1 N–H and O–H groups in total. The van der Waals surface area contributed by atoms with Crippen molar-refractivity contribution < 1.29 is 19.3 Å². The summed E-state index contributed by atoms with van der Waals surface area (Å²) >= 11 is 3.37. The molecule has 0 spiro atoms. The van der Waals surface area contributed by atoms with Crippen LogP contribution in [0.25, 0.3) is 0 Å². The van der Waals surface area contributed by atoms with Crippen LogP contribution in [0.3, 0.4) is 0 Å². The molecule has 0 saturated carbocycles. The second-order valence-corrected chi connectivity index (χ2v) is 5.20. The van der Waals surface area contributed by atoms with Gasteiger partial charge in [0.15, 0.2) is 0 Å². The Kier molecular flexibility index (Phi) is 5.00. The van der Waals surface area contributed by atoms with E-state index in [0.717, 1.165) is 10.2 Å². The zero-order valence-electron chi connectivity index (χ0n) is 10.2. The smallest absolute Gasteiger partial charge is 0.119 e. The maximum Gasteiger partial charge on any atom is 0.119 e. The number of rotatable bonds is 4. The number of hydrogen-bond acceptors (Lipinski definition) is 4. The molecule has 1 aliphatic rings. The van der Waals surface area contributed by atoms with Gasteiger partial charge in [-0.15, -0.1) is 0 Å². The third-order valence-electron chi connectivity index (χ3n) is 2.87. The van der Waals surface area contributed by atoms with E-state index in [9.17, 15) is 0 Å². The Morgan fingerprint density at radius 2 is 2.11 bits per heavy atom. The minimum atomic E-state index is -0.266. The second-order valence-electron chi connectivity index (χ2n) is 4.28. The molecular formula is C13H17BrO4. The Labute approximate surface area is 115 Å². The molecule has 2 rings (SSSR count). The van der Waals surface area contributed by atoms with E-state index in [1.807, 2.05) is 31.2 Å². The van der Waals surface area contributed by atoms with Crippen LogP contribution in [0.4, 0.5) is 0 Å². The maximum absolute atomic E-state index is 9.14. The van der Waals surface area contributed by atoms with E-state index in [2.05, 4.69) is 15.9 Å². The third kappa shape index (κ3) is 3.68. The number of aliphatic hydroxyl groups excluding tert-OH is 1. The van der Waals surface area contributed by atoms with Gasteiger partial charge in [-0.1, -0.05) is 15.9 Å². The van der Waals surface area contributed by atoms with Crippen molar-refractivity contribution >= 4 is 15.9 Å². The molecule has 1 aliphatic heterocycles. The van der Waals surface area contributed by atoms with E-state index in [0.29, 0.717) is 13.2 Å². The maximum atomic E-state index is 9.14. The van der Waals surface area contributed by atoms with Gasteiger partial charge in [-0.25, -0.2) is 0 Å². The van der Waals surface area contributed by atoms with Crippen molar-refractivity contribution in [1.29, 1.82) is 0 Å². The van der Waals surface area contributed by atoms with Crippen LogP contribution in [0, 0.1) is 0 Å². The zero-order valence-corrected chi connectivity index (χ0v) is 11.8. The molecule has 1 fully saturated rings. The van der Waals surface area contributed by atoms with Crippen LogP contribution < -0.4 is 4.74 Å². The first-order chi connectivity index (χ1) is 8.69. The van der Waals surface area contributed by atoms with Crippen molar-refractivity contribution in [3.63, 3.8) is 0 Å². The third-order valence-corrected chi connectivity index (χ3v) is 3.39. The molecule has 18 heavy (non-hydrogen) atoms. The second kappa shape index (κ2) is 6.52. The van der Waals surface area contributed by atoms with Crippen LogP contribution in [0.2, 0.25) is 0 Å². The van der Waals surface area contributed by atoms with Crippen LogP contribution in [0.5, 0.6) is 5.75 Å². The highest BCUT2D eigenvalue weighted by atomic mass is 79.9. The number of hydrogen-bond donors (Lipinski definition) is 1. The van der Waals surface area contributed by atoms with Crippen molar-refractivity contribution in [3.8, 4) is 5.75 Å². The summed E-state index contributed by atoms with van der Waals surface area (Å²) in [5.41, 5.74) is 0. The average Bonchev–Trinajstić information content (AvgIpc) is 2.39. The molecule has 5 heteroatoms. The van der Waals surface area contributed by atoms with E-state index in [4.69, 9.17) is 19.3 Å². The van der Waals surface area contributed by atoms with Crippen molar-refractivity contribution in [2.45, 2.75) is 25.2 Å². The lowest BCUT2D eigenvalue weighted by Crippen LogP contribution is -2.46. The van der Waals surface area contributed by atoms with Gasteiger partial charge >= 0.3 is 0 Å². The van der Waals surface area contributed by atoms with Crippen LogP contribution >= 0.6 is 15.9 Å². The summed E-state index contributed by atoms with van der Waals surface area (Å²) in [5, 5.41) is 9.14. The van der Waals surface area contributed by atoms with Crippen molar-refractivity contribution in [1.82, 2.24) is 0 Å². The highest BCUT2D eigenvalue weighted by Crippen LogP contribution is 2.18. The number of benzene rings is 1. The number of aliphatic hydroxyl groups is 1. The SMILES string of the molecule is CC1OCC(COc2ccc(Br)cc2)OC1CO. The highest BCUT2D eigenvalue weighted by molar-refractivity contribution is 9.10. The van der Waals surface area contributed by atoms with E-state index in [1.54, 1.807) is 0 Å². The summed E-state index contributed by atoms with van der Waals surface area (Å²) in [7, 11) is 0. The van der Waals surface area contributed by atoms with Crippen molar-refractivity contribution in [2.75, 3.05) is 19.8 Å². The Morgan fingerprint density at radius 3 is 2.78 bits per heavy atom. The highest BCUT2D eigenvalue weighted by Gasteiger charge is 2.28. The van der Waals surface area contributed by atoms with E-state index in [1.165, 1.54) is 0 Å². The summed E-state index contributed by atoms with van der Waals surface area (Å²) in [6, 6.07) is 7.62. The lowest BCUT2D eigenvalue weighted by atomic mass is 10.2. The fourth-order valence-electron chi connectivity index (χ4n) is 1.76. The molecule has 0 aromatic heterocycles. The average molecular weight is 317 g/mol. The van der Waals surface area contributed by atoms with Crippen LogP contribution in [0.15, 0.2) is 28.7 Å². The van der Waals surface area contributed by atoms with Crippen LogP contribution in [-0.2, 0) is 9.47 Å². The quantitative estimate of drug-likeness (QED) is 0.923. The Bertz CT molecular complexity index is 368. The van der Waals surface area contributed by atoms with Crippen LogP contribution in [0.1, 0.15) is 6.92 Å². The molecule has 1 aromatic rings. The fourth-order valence-corrected chi connectivity index (χ4v) is 2.03. The molecule has 4 nitrogen and oxygen atoms in total. The number of ether oxygens (including phenoxy) is 3. The minimum Gasteiger partial charge on any atom is -0.491 e. The molecule has 0 radical (unpaired) electrons. The van der Waals surface area contributed by atoms with Gasteiger partial charge < -0.3 is 19.3 Å². The fraction of sp³-hybridized carbons (Fsp3) is 0.538. The van der Waals surface area contributed by atoms with Gasteiger partial charge in [-0.05, 0) is 31.2 Å². The summed E-state index contributed by atoms with van der Waals surface area (Å²) in [6.45, 7) is 2.78. The van der Waals surface area contributed by atoms with Gasteiger partial charge in [-0.2, -0.15) is 0 Å². The zero-order chi connectivity index (χ0) is 13.0. The van der Waals surface area contributed by atoms with Gasteiger partial charge in [0.2, 0.25) is 0 Å². The molecule has 3 unspecified atom stereocenters. The first kappa shape index (κ1) is 13.8. The molecular weight excluding hydrogens is 300 g/mol. The van der Waals surface area contributed by atoms with E-state index in [-0.39, 0.29) is 24.9 Å². The van der Waals surface area contributed by atoms with Crippen LogP contribution in [-0.4, -0.2) is 43.2 Å². The molecule has 1 heterocycles. The molecule has 1 saturated heterocycles. The largest absolute Gasteiger partial charge is 0.491 e. The summed E-state index contributed by atoms with van der Waals surface area (Å²) < 4.78 is 17.8. The summed E-state index contributed by atoms with van der Waals surface area (Å²) in [4.78, 5) is 0. The topological polar surface area (TPSA) is 47.9 Å². The normalized spacial score (nSPS) is 28.1. The molecule has 0 bridgehead atoms. The monoisotopic (exact) mass is 316 g/mol. The number of halogens is 1. The van der Waals surface area contributed by atoms with Crippen molar-refractivity contribution in [2.24, 2.45) is 0 Å². The van der Waals surface area contributed by atoms with Gasteiger partial charge in [0.25, 0.3) is 0 Å². The summed E-state index contributed by atoms with van der Waals surface area (Å²) in [6.07, 6.45) is -0.474. The molecule has 0 aliphatic carbocycles. The minimum absolute atomic E-state index is 0.0318. The predicted octanol–water partition coefficient (Wildman–Crippen LogP) is 1.99. The lowest BCUT2D eigenvalue weighted by molar-refractivity contribution is -0.191. The predicted molar refractivity (Wildman–Crippen MR) is 70.8 cm³/mol. The van der Waals surface area contributed by atoms with Gasteiger partial charge in [0.1, 0.15) is 24.6 Å². The van der Waals surface area contributed by atoms with Gasteiger partial charge in [0.05, 0.1) is 19.3 Å². The Hall–Kier alpha value is -0.620. The van der Waals surface area contributed by atoms with E-state index < -0.39 is 0 Å². The Balaban J connectivity index is 1.81. The van der Waals surface area contributed by atoms with Crippen molar-refractivity contribution in [3.05, 3.63) is 28.7 Å². The van der Waals surface area contributed by atoms with Gasteiger partial charge in [0, 0.05) is 4.47 Å². The molecule has 0 amide bonds. The van der Waals surface area contributed by atoms with Gasteiger partial charge in [-0.3, -0.25) is 0 Å². The standard InChI is InChI=1S/C13H17BrO4/c1-9-13(6-15)18-12(7-16-9)8-17-11-4-2-10(14)3-5-11/h2-5,9,12-13,15H,6-8H2,1H3. The first-order valence-corrected chi connectivity index (χ1v) is 6.74. The first-order valence-electron chi connectivity index (χ1n) is 5.95. The van der Waals surface area contributed by atoms with E-state index >= 15 is 0 Å².